The number of aryl methyl sites for hydroxylation is 1. The summed E-state index contributed by atoms with van der Waals surface area (Å²) in [5, 5.41) is 8.88. The Bertz CT molecular complexity index is 588. The maximum Gasteiger partial charge on any atom is 0.347 e. The minimum absolute atomic E-state index is 0.200. The predicted molar refractivity (Wildman–Crippen MR) is 67.5 cm³/mol. The number of pyridine rings is 1. The van der Waals surface area contributed by atoms with E-state index in [-0.39, 0.29) is 4.88 Å². The molecule has 0 atom stereocenters. The van der Waals surface area contributed by atoms with Gasteiger partial charge in [-0.25, -0.2) is 14.8 Å². The number of carbonyl (C=O) groups is 1. The average molecular weight is 285 g/mol. The van der Waals surface area contributed by atoms with Gasteiger partial charge in [0, 0.05) is 11.9 Å². The Morgan fingerprint density at radius 2 is 2.28 bits per heavy atom. The lowest BCUT2D eigenvalue weighted by molar-refractivity contribution is 0.0701. The zero-order valence-corrected chi connectivity index (χ0v) is 10.8. The summed E-state index contributed by atoms with van der Waals surface area (Å²) in [5.41, 5.74) is 0.462. The Kier molecular flexibility index (Phi) is 3.78. The molecule has 94 valence electrons. The van der Waals surface area contributed by atoms with Crippen LogP contribution in [0.2, 0.25) is 0 Å². The number of carboxylic acid groups (broad SMARTS) is 1. The van der Waals surface area contributed by atoms with Gasteiger partial charge in [-0.15, -0.1) is 0 Å². The molecule has 0 aliphatic heterocycles. The molecule has 0 aliphatic rings. The Balaban J connectivity index is 2.06. The first-order valence-electron chi connectivity index (χ1n) is 4.82. The second kappa shape index (κ2) is 5.32. The molecule has 2 heterocycles. The lowest BCUT2D eigenvalue weighted by Gasteiger charge is -2.00. The molecule has 0 saturated heterocycles. The summed E-state index contributed by atoms with van der Waals surface area (Å²) >= 11 is 2.16. The van der Waals surface area contributed by atoms with Gasteiger partial charge in [0.1, 0.15) is 10.7 Å². The first kappa shape index (κ1) is 12.8. The molecule has 2 aromatic rings. The number of nitrogens with one attached hydrogen (secondary N) is 1. The maximum absolute atomic E-state index is 12.8. The van der Waals surface area contributed by atoms with Crippen molar-refractivity contribution in [2.24, 2.45) is 0 Å². The summed E-state index contributed by atoms with van der Waals surface area (Å²) in [7, 11) is 0. The lowest BCUT2D eigenvalue weighted by Crippen LogP contribution is -1.94. The zero-order valence-electron chi connectivity index (χ0n) is 9.18. The van der Waals surface area contributed by atoms with Gasteiger partial charge in [0.2, 0.25) is 5.95 Å². The van der Waals surface area contributed by atoms with Gasteiger partial charge in [0.25, 0.3) is 0 Å². The SMILES string of the molecule is Cc1nc(SNc2cccc(F)n2)sc1C(=O)O. The molecule has 5 nitrogen and oxygen atoms in total. The fourth-order valence-electron chi connectivity index (χ4n) is 1.17. The fraction of sp³-hybridized carbons (Fsp3) is 0.100. The molecule has 8 heteroatoms. The molecule has 0 aromatic carbocycles. The van der Waals surface area contributed by atoms with Crippen LogP contribution in [-0.2, 0) is 0 Å². The third-order valence-corrected chi connectivity index (χ3v) is 3.95. The van der Waals surface area contributed by atoms with Crippen LogP contribution in [0.5, 0.6) is 0 Å². The van der Waals surface area contributed by atoms with E-state index < -0.39 is 11.9 Å². The van der Waals surface area contributed by atoms with E-state index in [1.165, 1.54) is 12.1 Å². The first-order valence-corrected chi connectivity index (χ1v) is 6.45. The van der Waals surface area contributed by atoms with Crippen LogP contribution < -0.4 is 4.72 Å². The number of hydrogen-bond donors (Lipinski definition) is 2. The fourth-order valence-corrected chi connectivity index (χ4v) is 2.84. The van der Waals surface area contributed by atoms with Gasteiger partial charge in [-0.1, -0.05) is 17.4 Å². The van der Waals surface area contributed by atoms with E-state index in [1.54, 1.807) is 13.0 Å². The lowest BCUT2D eigenvalue weighted by atomic mass is 10.4. The van der Waals surface area contributed by atoms with Gasteiger partial charge in [0.15, 0.2) is 4.34 Å². The van der Waals surface area contributed by atoms with Crippen molar-refractivity contribution in [3.63, 3.8) is 0 Å². The molecule has 18 heavy (non-hydrogen) atoms. The Morgan fingerprint density at radius 3 is 2.89 bits per heavy atom. The second-order valence-electron chi connectivity index (χ2n) is 3.25. The smallest absolute Gasteiger partial charge is 0.347 e. The molecular weight excluding hydrogens is 277 g/mol. The van der Waals surface area contributed by atoms with E-state index in [0.717, 1.165) is 23.3 Å². The van der Waals surface area contributed by atoms with Crippen molar-refractivity contribution in [2.75, 3.05) is 4.72 Å². The largest absolute Gasteiger partial charge is 0.477 e. The molecule has 0 bridgehead atoms. The Labute approximate surface area is 110 Å². The Morgan fingerprint density at radius 1 is 1.50 bits per heavy atom. The number of halogens is 1. The van der Waals surface area contributed by atoms with Gasteiger partial charge in [-0.2, -0.15) is 4.39 Å². The number of aromatic nitrogens is 2. The zero-order chi connectivity index (χ0) is 13.1. The minimum Gasteiger partial charge on any atom is -0.477 e. The number of carboxylic acids is 1. The maximum atomic E-state index is 12.8. The van der Waals surface area contributed by atoms with Crippen molar-refractivity contribution in [2.45, 2.75) is 11.3 Å². The molecule has 0 aliphatic carbocycles. The van der Waals surface area contributed by atoms with Gasteiger partial charge in [0.05, 0.1) is 5.69 Å². The quantitative estimate of drug-likeness (QED) is 0.664. The summed E-state index contributed by atoms with van der Waals surface area (Å²) in [6.45, 7) is 1.63. The minimum atomic E-state index is -0.999. The van der Waals surface area contributed by atoms with Crippen molar-refractivity contribution in [3.8, 4) is 0 Å². The number of hydrogen-bond acceptors (Lipinski definition) is 6. The highest BCUT2D eigenvalue weighted by molar-refractivity contribution is 8.02. The van der Waals surface area contributed by atoms with Crippen molar-refractivity contribution in [3.05, 3.63) is 34.7 Å². The van der Waals surface area contributed by atoms with Gasteiger partial charge in [-0.05, 0) is 19.1 Å². The standard InChI is InChI=1S/C10H8FN3O2S2/c1-5-8(9(15)16)17-10(12-5)18-14-7-4-2-3-6(11)13-7/h2-4H,1H3,(H,13,14)(H,15,16). The monoisotopic (exact) mass is 285 g/mol. The highest BCUT2D eigenvalue weighted by atomic mass is 32.2. The van der Waals surface area contributed by atoms with Crippen LogP contribution in [0.1, 0.15) is 15.4 Å². The van der Waals surface area contributed by atoms with Crippen molar-refractivity contribution in [1.29, 1.82) is 0 Å². The molecular formula is C10H8FN3O2S2. The molecule has 0 radical (unpaired) electrons. The van der Waals surface area contributed by atoms with E-state index >= 15 is 0 Å². The summed E-state index contributed by atoms with van der Waals surface area (Å²) in [4.78, 5) is 18.7. The summed E-state index contributed by atoms with van der Waals surface area (Å²) < 4.78 is 16.2. The van der Waals surface area contributed by atoms with Crippen molar-refractivity contribution < 1.29 is 14.3 Å². The Hall–Kier alpha value is -1.67. The number of nitrogens with zero attached hydrogens (tertiary/aromatic N) is 2. The predicted octanol–water partition coefficient (Wildman–Crippen LogP) is 2.80. The topological polar surface area (TPSA) is 75.1 Å². The van der Waals surface area contributed by atoms with Crippen LogP contribution in [0.3, 0.4) is 0 Å². The van der Waals surface area contributed by atoms with Crippen LogP contribution in [0, 0.1) is 12.9 Å². The van der Waals surface area contributed by atoms with E-state index in [9.17, 15) is 9.18 Å². The summed E-state index contributed by atoms with van der Waals surface area (Å²) in [6, 6.07) is 4.38. The molecule has 0 unspecified atom stereocenters. The molecule has 2 N–H and O–H groups in total. The van der Waals surface area contributed by atoms with Crippen LogP contribution >= 0.6 is 23.3 Å². The van der Waals surface area contributed by atoms with E-state index in [0.29, 0.717) is 15.9 Å². The second-order valence-corrected chi connectivity index (χ2v) is 5.30. The number of anilines is 1. The highest BCUT2D eigenvalue weighted by Crippen LogP contribution is 2.27. The van der Waals surface area contributed by atoms with E-state index in [1.807, 2.05) is 0 Å². The van der Waals surface area contributed by atoms with Crippen LogP contribution in [0.15, 0.2) is 22.5 Å². The number of thiazole rings is 1. The third-order valence-electron chi connectivity index (χ3n) is 1.93. The van der Waals surface area contributed by atoms with E-state index in [4.69, 9.17) is 5.11 Å². The van der Waals surface area contributed by atoms with Gasteiger partial charge >= 0.3 is 5.97 Å². The first-order chi connectivity index (χ1) is 8.56. The van der Waals surface area contributed by atoms with E-state index in [2.05, 4.69) is 14.7 Å². The number of rotatable bonds is 4. The van der Waals surface area contributed by atoms with Crippen molar-refractivity contribution >= 4 is 35.1 Å². The third kappa shape index (κ3) is 2.96. The average Bonchev–Trinajstić information content (AvgIpc) is 2.68. The molecule has 0 amide bonds. The molecule has 0 spiro atoms. The molecule has 0 fully saturated rings. The van der Waals surface area contributed by atoms with Gasteiger partial charge < -0.3 is 9.83 Å². The molecule has 0 saturated carbocycles. The van der Waals surface area contributed by atoms with Crippen LogP contribution in [0.4, 0.5) is 10.2 Å². The van der Waals surface area contributed by atoms with Crippen LogP contribution in [0.25, 0.3) is 0 Å². The number of aromatic carboxylic acids is 1. The molecule has 2 rings (SSSR count). The summed E-state index contributed by atoms with van der Waals surface area (Å²) in [6.07, 6.45) is 0. The van der Waals surface area contributed by atoms with Crippen LogP contribution in [-0.4, -0.2) is 21.0 Å². The van der Waals surface area contributed by atoms with Gasteiger partial charge in [-0.3, -0.25) is 0 Å². The molecule has 2 aromatic heterocycles. The summed E-state index contributed by atoms with van der Waals surface area (Å²) in [5.74, 6) is -1.23. The van der Waals surface area contributed by atoms with Crippen molar-refractivity contribution in [1.82, 2.24) is 9.97 Å². The highest BCUT2D eigenvalue weighted by Gasteiger charge is 2.14. The normalized spacial score (nSPS) is 10.3.